The molecule has 1 aromatic carbocycles. The number of benzene rings is 1. The van der Waals surface area contributed by atoms with Crippen molar-refractivity contribution in [2.75, 3.05) is 13.2 Å². The van der Waals surface area contributed by atoms with Gasteiger partial charge in [-0.1, -0.05) is 30.3 Å². The van der Waals surface area contributed by atoms with Crippen molar-refractivity contribution in [1.29, 1.82) is 0 Å². The van der Waals surface area contributed by atoms with E-state index in [2.05, 4.69) is 44.2 Å². The lowest BCUT2D eigenvalue weighted by molar-refractivity contribution is -0.0669. The largest absolute Gasteiger partial charge is 0.379 e. The van der Waals surface area contributed by atoms with E-state index in [0.717, 1.165) is 26.1 Å². The van der Waals surface area contributed by atoms with Crippen molar-refractivity contribution in [2.45, 2.75) is 37.6 Å². The minimum absolute atomic E-state index is 0.0859. The van der Waals surface area contributed by atoms with Crippen LogP contribution in [0.5, 0.6) is 0 Å². The molecular formula is C14H21NO. The SMILES string of the molecule is CC(C)(N)CCC1(c2ccccc2)COC1. The first kappa shape index (κ1) is 11.6. The molecule has 0 aromatic heterocycles. The molecule has 0 amide bonds. The summed E-state index contributed by atoms with van der Waals surface area (Å²) in [6.07, 6.45) is 2.14. The van der Waals surface area contributed by atoms with Crippen molar-refractivity contribution in [3.63, 3.8) is 0 Å². The summed E-state index contributed by atoms with van der Waals surface area (Å²) in [5.74, 6) is 0. The smallest absolute Gasteiger partial charge is 0.0585 e. The quantitative estimate of drug-likeness (QED) is 0.844. The Kier molecular flexibility index (Phi) is 3.04. The fraction of sp³-hybridized carbons (Fsp3) is 0.571. The minimum Gasteiger partial charge on any atom is -0.379 e. The number of nitrogens with two attached hydrogens (primary N) is 1. The van der Waals surface area contributed by atoms with Gasteiger partial charge in [-0.05, 0) is 32.3 Å². The van der Waals surface area contributed by atoms with Gasteiger partial charge in [0.15, 0.2) is 0 Å². The van der Waals surface area contributed by atoms with E-state index >= 15 is 0 Å². The van der Waals surface area contributed by atoms with Crippen LogP contribution in [0.15, 0.2) is 30.3 Å². The average Bonchev–Trinajstić information content (AvgIpc) is 2.16. The summed E-state index contributed by atoms with van der Waals surface area (Å²) in [5.41, 5.74) is 7.59. The molecule has 0 aliphatic carbocycles. The third-order valence-electron chi connectivity index (χ3n) is 3.39. The molecule has 1 aliphatic rings. The highest BCUT2D eigenvalue weighted by Crippen LogP contribution is 2.37. The highest BCUT2D eigenvalue weighted by Gasteiger charge is 2.40. The summed E-state index contributed by atoms with van der Waals surface area (Å²) in [7, 11) is 0. The first-order valence-corrected chi connectivity index (χ1v) is 5.94. The highest BCUT2D eigenvalue weighted by molar-refractivity contribution is 5.27. The van der Waals surface area contributed by atoms with Crippen LogP contribution in [-0.4, -0.2) is 18.8 Å². The standard InChI is InChI=1S/C14H21NO/c1-13(2,15)8-9-14(10-16-11-14)12-6-4-3-5-7-12/h3-7H,8-11,15H2,1-2H3. The molecule has 2 N–H and O–H groups in total. The molecule has 0 bridgehead atoms. The van der Waals surface area contributed by atoms with Crippen LogP contribution in [-0.2, 0) is 10.2 Å². The molecule has 1 fully saturated rings. The lowest BCUT2D eigenvalue weighted by Gasteiger charge is -2.43. The van der Waals surface area contributed by atoms with Crippen LogP contribution in [0.4, 0.5) is 0 Å². The van der Waals surface area contributed by atoms with Crippen molar-refractivity contribution >= 4 is 0 Å². The van der Waals surface area contributed by atoms with Crippen LogP contribution in [0.25, 0.3) is 0 Å². The molecule has 1 heterocycles. The maximum absolute atomic E-state index is 6.06. The molecule has 1 aromatic rings. The molecule has 2 nitrogen and oxygen atoms in total. The Hall–Kier alpha value is -0.860. The van der Waals surface area contributed by atoms with Crippen LogP contribution < -0.4 is 5.73 Å². The molecule has 0 saturated carbocycles. The predicted octanol–water partition coefficient (Wildman–Crippen LogP) is 2.47. The Labute approximate surface area is 97.8 Å². The number of rotatable bonds is 4. The van der Waals surface area contributed by atoms with E-state index < -0.39 is 0 Å². The van der Waals surface area contributed by atoms with Gasteiger partial charge in [-0.2, -0.15) is 0 Å². The Balaban J connectivity index is 2.09. The summed E-state index contributed by atoms with van der Waals surface area (Å²) >= 11 is 0. The van der Waals surface area contributed by atoms with Gasteiger partial charge in [-0.25, -0.2) is 0 Å². The van der Waals surface area contributed by atoms with E-state index in [4.69, 9.17) is 10.5 Å². The van der Waals surface area contributed by atoms with E-state index in [1.165, 1.54) is 5.56 Å². The molecule has 2 heteroatoms. The second-order valence-electron chi connectivity index (χ2n) is 5.63. The van der Waals surface area contributed by atoms with Gasteiger partial charge in [0.2, 0.25) is 0 Å². The molecule has 0 atom stereocenters. The van der Waals surface area contributed by atoms with Crippen molar-refractivity contribution < 1.29 is 4.74 Å². The van der Waals surface area contributed by atoms with Crippen molar-refractivity contribution in [3.05, 3.63) is 35.9 Å². The summed E-state index contributed by atoms with van der Waals surface area (Å²) in [5, 5.41) is 0. The van der Waals surface area contributed by atoms with Gasteiger partial charge in [-0.15, -0.1) is 0 Å². The van der Waals surface area contributed by atoms with Crippen LogP contribution >= 0.6 is 0 Å². The Morgan fingerprint density at radius 1 is 1.25 bits per heavy atom. The van der Waals surface area contributed by atoms with Gasteiger partial charge in [0.25, 0.3) is 0 Å². The zero-order valence-electron chi connectivity index (χ0n) is 10.2. The Morgan fingerprint density at radius 3 is 2.31 bits per heavy atom. The summed E-state index contributed by atoms with van der Waals surface area (Å²) in [6.45, 7) is 5.86. The van der Waals surface area contributed by atoms with Crippen molar-refractivity contribution in [1.82, 2.24) is 0 Å². The first-order chi connectivity index (χ1) is 7.52. The zero-order valence-corrected chi connectivity index (χ0v) is 10.2. The summed E-state index contributed by atoms with van der Waals surface area (Å²) < 4.78 is 5.42. The second kappa shape index (κ2) is 4.19. The molecule has 0 radical (unpaired) electrons. The maximum atomic E-state index is 6.06. The van der Waals surface area contributed by atoms with Crippen LogP contribution in [0, 0.1) is 0 Å². The highest BCUT2D eigenvalue weighted by atomic mass is 16.5. The molecule has 2 rings (SSSR count). The van der Waals surface area contributed by atoms with E-state index in [1.807, 2.05) is 0 Å². The van der Waals surface area contributed by atoms with E-state index in [1.54, 1.807) is 0 Å². The van der Waals surface area contributed by atoms with E-state index in [0.29, 0.717) is 0 Å². The topological polar surface area (TPSA) is 35.2 Å². The van der Waals surface area contributed by atoms with Gasteiger partial charge >= 0.3 is 0 Å². The first-order valence-electron chi connectivity index (χ1n) is 5.94. The fourth-order valence-electron chi connectivity index (χ4n) is 2.16. The lowest BCUT2D eigenvalue weighted by Crippen LogP contribution is -2.48. The molecule has 0 unspecified atom stereocenters. The summed E-state index contributed by atoms with van der Waals surface area (Å²) in [4.78, 5) is 0. The zero-order chi connectivity index (χ0) is 11.6. The van der Waals surface area contributed by atoms with Gasteiger partial charge in [0.05, 0.1) is 13.2 Å². The van der Waals surface area contributed by atoms with Crippen LogP contribution in [0.2, 0.25) is 0 Å². The van der Waals surface area contributed by atoms with Crippen molar-refractivity contribution in [3.8, 4) is 0 Å². The minimum atomic E-state index is -0.0859. The van der Waals surface area contributed by atoms with Gasteiger partial charge in [0, 0.05) is 11.0 Å². The van der Waals surface area contributed by atoms with E-state index in [9.17, 15) is 0 Å². The molecule has 0 spiro atoms. The Bertz CT molecular complexity index is 336. The van der Waals surface area contributed by atoms with Crippen molar-refractivity contribution in [2.24, 2.45) is 5.73 Å². The maximum Gasteiger partial charge on any atom is 0.0585 e. The average molecular weight is 219 g/mol. The third-order valence-corrected chi connectivity index (χ3v) is 3.39. The van der Waals surface area contributed by atoms with Gasteiger partial charge in [0.1, 0.15) is 0 Å². The summed E-state index contributed by atoms with van der Waals surface area (Å²) in [6, 6.07) is 10.7. The predicted molar refractivity (Wildman–Crippen MR) is 66.4 cm³/mol. The molecule has 88 valence electrons. The number of hydrogen-bond acceptors (Lipinski definition) is 2. The molecular weight excluding hydrogens is 198 g/mol. The number of hydrogen-bond donors (Lipinski definition) is 1. The lowest BCUT2D eigenvalue weighted by atomic mass is 9.73. The Morgan fingerprint density at radius 2 is 1.88 bits per heavy atom. The van der Waals surface area contributed by atoms with Gasteiger partial charge < -0.3 is 10.5 Å². The van der Waals surface area contributed by atoms with Crippen LogP contribution in [0.3, 0.4) is 0 Å². The molecule has 16 heavy (non-hydrogen) atoms. The molecule has 1 saturated heterocycles. The third kappa shape index (κ3) is 2.45. The van der Waals surface area contributed by atoms with E-state index in [-0.39, 0.29) is 11.0 Å². The monoisotopic (exact) mass is 219 g/mol. The number of ether oxygens (including phenoxy) is 1. The molecule has 1 aliphatic heterocycles. The normalized spacial score (nSPS) is 19.2. The fourth-order valence-corrected chi connectivity index (χ4v) is 2.16. The van der Waals surface area contributed by atoms with Gasteiger partial charge in [-0.3, -0.25) is 0 Å². The van der Waals surface area contributed by atoms with Crippen LogP contribution in [0.1, 0.15) is 32.3 Å². The second-order valence-corrected chi connectivity index (χ2v) is 5.63.